The third kappa shape index (κ3) is 3.57. The molecule has 0 aromatic carbocycles. The first-order chi connectivity index (χ1) is 6.59. The first-order valence-electron chi connectivity index (χ1n) is 4.71. The maximum atomic E-state index is 11.4. The monoisotopic (exact) mass is 217 g/mol. The molecule has 14 heavy (non-hydrogen) atoms. The number of carbonyl (C=O) groups is 2. The van der Waals surface area contributed by atoms with Gasteiger partial charge in [-0.1, -0.05) is 6.92 Å². The lowest BCUT2D eigenvalue weighted by atomic mass is 10.3. The van der Waals surface area contributed by atoms with E-state index in [0.717, 1.165) is 12.2 Å². The molecule has 1 amide bonds. The number of aliphatic carboxylic acids is 1. The summed E-state index contributed by atoms with van der Waals surface area (Å²) in [7, 11) is 0. The highest BCUT2D eigenvalue weighted by Gasteiger charge is 2.20. The highest BCUT2D eigenvalue weighted by molar-refractivity contribution is 7.99. The maximum Gasteiger partial charge on any atom is 0.312 e. The molecule has 0 spiro atoms. The predicted octanol–water partition coefficient (Wildman–Crippen LogP) is 0.815. The van der Waals surface area contributed by atoms with Gasteiger partial charge in [-0.25, -0.2) is 0 Å². The zero-order valence-electron chi connectivity index (χ0n) is 8.23. The summed E-state index contributed by atoms with van der Waals surface area (Å²) in [6.07, 6.45) is 0.578. The van der Waals surface area contributed by atoms with E-state index >= 15 is 0 Å². The van der Waals surface area contributed by atoms with E-state index in [1.807, 2.05) is 11.8 Å². The summed E-state index contributed by atoms with van der Waals surface area (Å²) in [6, 6.07) is 0. The van der Waals surface area contributed by atoms with Crippen molar-refractivity contribution in [2.45, 2.75) is 25.0 Å². The van der Waals surface area contributed by atoms with Crippen LogP contribution >= 0.6 is 11.8 Å². The van der Waals surface area contributed by atoms with Crippen LogP contribution in [0.25, 0.3) is 0 Å². The SMILES string of the molecule is CC1CCN(C(=O)CC(=O)O)CCS1. The molecule has 5 heteroatoms. The van der Waals surface area contributed by atoms with Crippen LogP contribution in [-0.2, 0) is 9.59 Å². The van der Waals surface area contributed by atoms with Gasteiger partial charge in [0, 0.05) is 24.1 Å². The van der Waals surface area contributed by atoms with Gasteiger partial charge in [0.2, 0.25) is 5.91 Å². The van der Waals surface area contributed by atoms with Gasteiger partial charge in [0.1, 0.15) is 6.42 Å². The van der Waals surface area contributed by atoms with Crippen LogP contribution < -0.4 is 0 Å². The van der Waals surface area contributed by atoms with Crippen molar-refractivity contribution in [2.75, 3.05) is 18.8 Å². The Morgan fingerprint density at radius 1 is 1.50 bits per heavy atom. The number of amides is 1. The van der Waals surface area contributed by atoms with Crippen LogP contribution in [0.1, 0.15) is 19.8 Å². The molecule has 0 saturated carbocycles. The fraction of sp³-hybridized carbons (Fsp3) is 0.778. The quantitative estimate of drug-likeness (QED) is 0.696. The number of carboxylic acid groups (broad SMARTS) is 1. The lowest BCUT2D eigenvalue weighted by Crippen LogP contribution is -2.34. The largest absolute Gasteiger partial charge is 0.481 e. The van der Waals surface area contributed by atoms with Gasteiger partial charge >= 0.3 is 5.97 Å². The van der Waals surface area contributed by atoms with Crippen molar-refractivity contribution in [1.82, 2.24) is 4.90 Å². The Labute approximate surface area is 87.7 Å². The molecule has 1 rings (SSSR count). The topological polar surface area (TPSA) is 57.6 Å². The van der Waals surface area contributed by atoms with Crippen molar-refractivity contribution in [3.8, 4) is 0 Å². The third-order valence-corrected chi connectivity index (χ3v) is 3.45. The average Bonchev–Trinajstić information content (AvgIpc) is 2.28. The summed E-state index contributed by atoms with van der Waals surface area (Å²) in [6.45, 7) is 3.51. The van der Waals surface area contributed by atoms with Crippen LogP contribution in [0.3, 0.4) is 0 Å². The van der Waals surface area contributed by atoms with Crippen molar-refractivity contribution in [3.63, 3.8) is 0 Å². The Hall–Kier alpha value is -0.710. The van der Waals surface area contributed by atoms with Gasteiger partial charge in [-0.3, -0.25) is 9.59 Å². The normalized spacial score (nSPS) is 22.9. The van der Waals surface area contributed by atoms with E-state index in [1.54, 1.807) is 4.90 Å². The number of thioether (sulfide) groups is 1. The summed E-state index contributed by atoms with van der Waals surface area (Å²) in [5.41, 5.74) is 0. The lowest BCUT2D eigenvalue weighted by Gasteiger charge is -2.18. The van der Waals surface area contributed by atoms with Gasteiger partial charge in [0.05, 0.1) is 0 Å². The molecule has 1 heterocycles. The Morgan fingerprint density at radius 3 is 2.86 bits per heavy atom. The standard InChI is InChI=1S/C9H15NO3S/c1-7-2-3-10(4-5-14-7)8(11)6-9(12)13/h7H,2-6H2,1H3,(H,12,13). The van der Waals surface area contributed by atoms with E-state index in [4.69, 9.17) is 5.11 Å². The molecule has 0 aliphatic carbocycles. The number of carbonyl (C=O) groups excluding carboxylic acids is 1. The minimum atomic E-state index is -1.04. The number of hydrogen-bond acceptors (Lipinski definition) is 3. The molecular formula is C9H15NO3S. The van der Waals surface area contributed by atoms with Crippen molar-refractivity contribution < 1.29 is 14.7 Å². The number of rotatable bonds is 2. The Bertz CT molecular complexity index is 232. The molecule has 1 aliphatic heterocycles. The molecule has 1 atom stereocenters. The zero-order chi connectivity index (χ0) is 10.6. The van der Waals surface area contributed by atoms with Crippen molar-refractivity contribution in [3.05, 3.63) is 0 Å². The Kier molecular flexibility index (Phi) is 4.25. The van der Waals surface area contributed by atoms with E-state index in [-0.39, 0.29) is 12.3 Å². The molecule has 1 unspecified atom stereocenters. The second kappa shape index (κ2) is 5.24. The van der Waals surface area contributed by atoms with E-state index < -0.39 is 5.97 Å². The Balaban J connectivity index is 2.43. The van der Waals surface area contributed by atoms with Gasteiger partial charge in [-0.15, -0.1) is 0 Å². The highest BCUT2D eigenvalue weighted by atomic mass is 32.2. The summed E-state index contributed by atoms with van der Waals surface area (Å²) in [4.78, 5) is 23.4. The number of nitrogens with zero attached hydrogens (tertiary/aromatic N) is 1. The van der Waals surface area contributed by atoms with E-state index in [0.29, 0.717) is 18.3 Å². The first kappa shape index (κ1) is 11.4. The van der Waals surface area contributed by atoms with E-state index in [2.05, 4.69) is 6.92 Å². The van der Waals surface area contributed by atoms with Gasteiger partial charge < -0.3 is 10.0 Å². The van der Waals surface area contributed by atoms with Crippen LogP contribution in [0.4, 0.5) is 0 Å². The molecule has 1 fully saturated rings. The molecule has 4 nitrogen and oxygen atoms in total. The fourth-order valence-corrected chi connectivity index (χ4v) is 2.39. The van der Waals surface area contributed by atoms with Crippen LogP contribution in [0.2, 0.25) is 0 Å². The van der Waals surface area contributed by atoms with Crippen LogP contribution in [0.5, 0.6) is 0 Å². The molecule has 0 aromatic heterocycles. The summed E-state index contributed by atoms with van der Waals surface area (Å²) >= 11 is 1.84. The van der Waals surface area contributed by atoms with Crippen LogP contribution in [0.15, 0.2) is 0 Å². The van der Waals surface area contributed by atoms with Crippen LogP contribution in [0, 0.1) is 0 Å². The molecule has 0 bridgehead atoms. The maximum absolute atomic E-state index is 11.4. The first-order valence-corrected chi connectivity index (χ1v) is 5.75. The summed E-state index contributed by atoms with van der Waals surface area (Å²) in [5.74, 6) is -0.390. The van der Waals surface area contributed by atoms with Gasteiger partial charge in [0.25, 0.3) is 0 Å². The highest BCUT2D eigenvalue weighted by Crippen LogP contribution is 2.18. The molecule has 80 valence electrons. The third-order valence-electron chi connectivity index (χ3n) is 2.22. The van der Waals surface area contributed by atoms with Gasteiger partial charge in [-0.2, -0.15) is 11.8 Å². The smallest absolute Gasteiger partial charge is 0.312 e. The van der Waals surface area contributed by atoms with E-state index in [9.17, 15) is 9.59 Å². The summed E-state index contributed by atoms with van der Waals surface area (Å²) in [5, 5.41) is 9.05. The lowest BCUT2D eigenvalue weighted by molar-refractivity contribution is -0.144. The molecule has 0 radical (unpaired) electrons. The fourth-order valence-electron chi connectivity index (χ4n) is 1.39. The molecule has 1 N–H and O–H groups in total. The van der Waals surface area contributed by atoms with Crippen molar-refractivity contribution in [2.24, 2.45) is 0 Å². The minimum absolute atomic E-state index is 0.257. The molecule has 0 aromatic rings. The molecular weight excluding hydrogens is 202 g/mol. The van der Waals surface area contributed by atoms with Crippen molar-refractivity contribution >= 4 is 23.6 Å². The number of carboxylic acids is 1. The second-order valence-corrected chi connectivity index (χ2v) is 4.97. The van der Waals surface area contributed by atoms with E-state index in [1.165, 1.54) is 0 Å². The predicted molar refractivity (Wildman–Crippen MR) is 55.4 cm³/mol. The summed E-state index contributed by atoms with van der Waals surface area (Å²) < 4.78 is 0. The molecule has 1 aliphatic rings. The minimum Gasteiger partial charge on any atom is -0.481 e. The average molecular weight is 217 g/mol. The van der Waals surface area contributed by atoms with Gasteiger partial charge in [0.15, 0.2) is 0 Å². The van der Waals surface area contributed by atoms with Crippen molar-refractivity contribution in [1.29, 1.82) is 0 Å². The number of hydrogen-bond donors (Lipinski definition) is 1. The molecule has 1 saturated heterocycles. The second-order valence-electron chi connectivity index (χ2n) is 3.42. The van der Waals surface area contributed by atoms with Crippen LogP contribution in [-0.4, -0.2) is 46.0 Å². The zero-order valence-corrected chi connectivity index (χ0v) is 9.05. The van der Waals surface area contributed by atoms with Gasteiger partial charge in [-0.05, 0) is 6.42 Å². The Morgan fingerprint density at radius 2 is 2.21 bits per heavy atom.